The lowest BCUT2D eigenvalue weighted by atomic mass is 10.1. The van der Waals surface area contributed by atoms with E-state index in [-0.39, 0.29) is 11.9 Å². The number of hydrogen-bond donors (Lipinski definition) is 4. The van der Waals surface area contributed by atoms with E-state index in [4.69, 9.17) is 50.9 Å². The Bertz CT molecular complexity index is 758. The van der Waals surface area contributed by atoms with Crippen molar-refractivity contribution in [1.29, 1.82) is 0 Å². The summed E-state index contributed by atoms with van der Waals surface area (Å²) in [6.45, 7) is 8.79. The first-order chi connectivity index (χ1) is 18.2. The maximum absolute atomic E-state index is 12.2. The van der Waals surface area contributed by atoms with Gasteiger partial charge in [-0.05, 0) is 52.1 Å². The molecule has 0 bridgehead atoms. The van der Waals surface area contributed by atoms with Crippen LogP contribution in [0, 0.1) is 0 Å². The highest BCUT2D eigenvalue weighted by molar-refractivity contribution is 7.54. The monoisotopic (exact) mass is 636 g/mol. The van der Waals surface area contributed by atoms with E-state index in [1.165, 1.54) is 0 Å². The molecule has 14 heteroatoms. The molecule has 1 saturated heterocycles. The van der Waals surface area contributed by atoms with Crippen molar-refractivity contribution in [2.45, 2.75) is 32.9 Å². The average Bonchev–Trinajstić information content (AvgIpc) is 2.89. The van der Waals surface area contributed by atoms with Gasteiger partial charge in [0.25, 0.3) is 5.91 Å². The second-order valence-electron chi connectivity index (χ2n) is 8.56. The number of carbonyl (C=O) groups excluding carboxylic acids is 1. The maximum atomic E-state index is 12.2. The summed E-state index contributed by atoms with van der Waals surface area (Å²) < 4.78 is 19.2. The van der Waals surface area contributed by atoms with Crippen LogP contribution in [0.1, 0.15) is 36.2 Å². The van der Waals surface area contributed by atoms with Gasteiger partial charge < -0.3 is 14.7 Å². The molecule has 1 aromatic rings. The van der Waals surface area contributed by atoms with Crippen LogP contribution < -0.4 is 21.3 Å². The van der Waals surface area contributed by atoms with Crippen LogP contribution >= 0.6 is 54.1 Å². The molecule has 9 nitrogen and oxygen atoms in total. The first kappa shape index (κ1) is 37.8. The summed E-state index contributed by atoms with van der Waals surface area (Å²) in [4.78, 5) is 13.7. The molecule has 0 spiro atoms. The zero-order valence-corrected chi connectivity index (χ0v) is 26.9. The summed E-state index contributed by atoms with van der Waals surface area (Å²) in [5, 5.41) is 5.76. The number of hydrogen-bond acceptors (Lipinski definition) is 6. The lowest BCUT2D eigenvalue weighted by Gasteiger charge is -2.33. The van der Waals surface area contributed by atoms with Gasteiger partial charge in [-0.1, -0.05) is 12.1 Å². The van der Waals surface area contributed by atoms with Gasteiger partial charge in [0.05, 0.1) is 6.61 Å². The molecule has 4 N–H and O–H groups in total. The molecule has 1 amide bonds. The van der Waals surface area contributed by atoms with Gasteiger partial charge in [-0.3, -0.25) is 20.2 Å². The molecule has 1 heterocycles. The Morgan fingerprint density at radius 3 is 2.00 bits per heavy atom. The normalized spacial score (nSPS) is 17.0. The van der Waals surface area contributed by atoms with Crippen LogP contribution in [0.4, 0.5) is 0 Å². The summed E-state index contributed by atoms with van der Waals surface area (Å²) in [5.41, 5.74) is 7.68. The molecule has 0 aliphatic carbocycles. The molecule has 0 radical (unpaired) electrons. The number of hydrazine groups is 1. The number of amides is 1. The third-order valence-electron chi connectivity index (χ3n) is 4.99. The Morgan fingerprint density at radius 1 is 1.03 bits per heavy atom. The molecule has 1 atom stereocenters. The average molecular weight is 638 g/mol. The zero-order chi connectivity index (χ0) is 28.8. The molecule has 1 fully saturated rings. The third kappa shape index (κ3) is 17.5. The van der Waals surface area contributed by atoms with Gasteiger partial charge >= 0.3 is 7.67 Å². The van der Waals surface area contributed by atoms with Crippen molar-refractivity contribution in [3.63, 3.8) is 0 Å². The van der Waals surface area contributed by atoms with Crippen LogP contribution in [0.25, 0.3) is 0 Å². The summed E-state index contributed by atoms with van der Waals surface area (Å²) in [6, 6.07) is 7.73. The van der Waals surface area contributed by atoms with Crippen molar-refractivity contribution < 1.29 is 13.9 Å². The highest BCUT2D eigenvalue weighted by atomic mass is 35.5. The van der Waals surface area contributed by atoms with E-state index in [1.807, 2.05) is 52.2 Å². The molecule has 1 aliphatic heterocycles. The van der Waals surface area contributed by atoms with E-state index in [9.17, 15) is 9.36 Å². The topological polar surface area (TPSA) is 98.0 Å². The van der Waals surface area contributed by atoms with Crippen LogP contribution in [0.2, 0.25) is 0 Å². The van der Waals surface area contributed by atoms with Crippen molar-refractivity contribution in [2.75, 3.05) is 76.9 Å². The fraction of sp³-hybridized carbons (Fsp3) is 0.708. The third-order valence-corrected chi connectivity index (χ3v) is 7.97. The van der Waals surface area contributed by atoms with Crippen LogP contribution in [0.5, 0.6) is 0 Å². The summed E-state index contributed by atoms with van der Waals surface area (Å²) in [6.07, 6.45) is 0.888. The van der Waals surface area contributed by atoms with Gasteiger partial charge in [-0.2, -0.15) is 0 Å². The predicted molar refractivity (Wildman–Crippen MR) is 163 cm³/mol. The Morgan fingerprint density at radius 2 is 1.58 bits per heavy atom. The van der Waals surface area contributed by atoms with E-state index in [0.29, 0.717) is 48.8 Å². The number of nitrogens with zero attached hydrogens (tertiary/aromatic N) is 2. The van der Waals surface area contributed by atoms with Gasteiger partial charge in [0.15, 0.2) is 0 Å². The summed E-state index contributed by atoms with van der Waals surface area (Å²) in [5.74, 6) is 2.20. The SMILES string of the molecule is CN(CCCl)CCCl.CNNCc1ccc(C(=O)NC(C)C)cc1.O=P1(N(CCCl)CCCl)NCCCO1. The van der Waals surface area contributed by atoms with E-state index in [2.05, 4.69) is 26.2 Å². The molecule has 1 aliphatic rings. The van der Waals surface area contributed by atoms with Crippen molar-refractivity contribution in [3.05, 3.63) is 35.4 Å². The van der Waals surface area contributed by atoms with Crippen LogP contribution in [-0.4, -0.2) is 98.5 Å². The van der Waals surface area contributed by atoms with Crippen LogP contribution in [0.3, 0.4) is 0 Å². The maximum Gasteiger partial charge on any atom is 0.343 e. The van der Waals surface area contributed by atoms with Gasteiger partial charge in [0, 0.05) is 74.4 Å². The lowest BCUT2D eigenvalue weighted by Crippen LogP contribution is -2.35. The summed E-state index contributed by atoms with van der Waals surface area (Å²) >= 11 is 22.1. The molecule has 1 unspecified atom stereocenters. The van der Waals surface area contributed by atoms with Gasteiger partial charge in [0.1, 0.15) is 0 Å². The van der Waals surface area contributed by atoms with E-state index >= 15 is 0 Å². The molecule has 0 saturated carbocycles. The number of alkyl halides is 4. The Labute approximate surface area is 249 Å². The van der Waals surface area contributed by atoms with Gasteiger partial charge in [-0.25, -0.2) is 9.76 Å². The smallest absolute Gasteiger partial charge is 0.343 e. The number of rotatable bonds is 14. The van der Waals surface area contributed by atoms with Crippen LogP contribution in [0.15, 0.2) is 24.3 Å². The van der Waals surface area contributed by atoms with Gasteiger partial charge in [-0.15, -0.1) is 46.4 Å². The molecule has 38 heavy (non-hydrogen) atoms. The van der Waals surface area contributed by atoms with E-state index in [0.717, 1.165) is 38.2 Å². The van der Waals surface area contributed by atoms with Crippen molar-refractivity contribution >= 4 is 60.0 Å². The Kier molecular flexibility index (Phi) is 23.4. The molecule has 2 rings (SSSR count). The van der Waals surface area contributed by atoms with Gasteiger partial charge in [0.2, 0.25) is 0 Å². The highest BCUT2D eigenvalue weighted by Crippen LogP contribution is 2.48. The Balaban J connectivity index is 0.000000571. The van der Waals surface area contributed by atoms with E-state index in [1.54, 1.807) is 4.67 Å². The quantitative estimate of drug-likeness (QED) is 0.136. The van der Waals surface area contributed by atoms with Crippen LogP contribution in [-0.2, 0) is 15.6 Å². The minimum atomic E-state index is -2.84. The largest absolute Gasteiger partial charge is 0.350 e. The molecular formula is C24H45Cl4N6O3P. The lowest BCUT2D eigenvalue weighted by molar-refractivity contribution is 0.0943. The minimum Gasteiger partial charge on any atom is -0.350 e. The van der Waals surface area contributed by atoms with Crippen molar-refractivity contribution in [1.82, 2.24) is 30.8 Å². The highest BCUT2D eigenvalue weighted by Gasteiger charge is 2.32. The standard InChI is InChI=1S/C12H19N3O.C7H15Cl2N2O2P.C5H11Cl2N/c1-9(2)15-12(16)11-6-4-10(5-7-11)8-14-13-3;8-2-5-11(6-3-9)14(12)10-4-1-7-13-14;1-8(4-2-6)5-3-7/h4-7,9,13-14H,8H2,1-3H3,(H,15,16);1-7H2,(H,10,12);2-5H2,1H3. The first-order valence-electron chi connectivity index (χ1n) is 12.6. The Hall–Kier alpha value is -0.160. The summed E-state index contributed by atoms with van der Waals surface area (Å²) in [7, 11) is 0.986. The number of carbonyl (C=O) groups is 1. The van der Waals surface area contributed by atoms with Crippen molar-refractivity contribution in [2.24, 2.45) is 0 Å². The van der Waals surface area contributed by atoms with Crippen molar-refractivity contribution in [3.8, 4) is 0 Å². The molecule has 0 aromatic heterocycles. The molecule has 1 aromatic carbocycles. The predicted octanol–water partition coefficient (Wildman–Crippen LogP) is 4.33. The van der Waals surface area contributed by atoms with E-state index < -0.39 is 7.67 Å². The number of benzene rings is 1. The second kappa shape index (κ2) is 23.5. The fourth-order valence-electron chi connectivity index (χ4n) is 2.99. The molecule has 222 valence electrons. The number of halogens is 4. The minimum absolute atomic E-state index is 0.0249. The second-order valence-corrected chi connectivity index (χ2v) is 12.2. The molecular weight excluding hydrogens is 593 g/mol. The fourth-order valence-corrected chi connectivity index (χ4v) is 6.21. The first-order valence-corrected chi connectivity index (χ1v) is 16.4. The number of nitrogens with one attached hydrogen (secondary N) is 4. The zero-order valence-electron chi connectivity index (χ0n) is 23.0.